The number of rotatable bonds is 4. The third-order valence-electron chi connectivity index (χ3n) is 4.08. The Balaban J connectivity index is 1.58. The molecule has 0 atom stereocenters. The minimum Gasteiger partial charge on any atom is -0.454 e. The van der Waals surface area contributed by atoms with Gasteiger partial charge in [-0.05, 0) is 31.2 Å². The molecular formula is C18H14N4O5. The van der Waals surface area contributed by atoms with E-state index < -0.39 is 10.8 Å². The van der Waals surface area contributed by atoms with Crippen LogP contribution in [-0.2, 0) is 0 Å². The first-order valence-electron chi connectivity index (χ1n) is 8.03. The van der Waals surface area contributed by atoms with E-state index in [4.69, 9.17) is 9.47 Å². The Kier molecular flexibility index (Phi) is 3.96. The number of aryl methyl sites for hydroxylation is 1. The lowest BCUT2D eigenvalue weighted by Crippen LogP contribution is -2.29. The quantitative estimate of drug-likeness (QED) is 0.539. The molecule has 9 heteroatoms. The largest absolute Gasteiger partial charge is 0.454 e. The van der Waals surface area contributed by atoms with Crippen molar-refractivity contribution < 1.29 is 19.2 Å². The van der Waals surface area contributed by atoms with E-state index in [1.54, 1.807) is 18.2 Å². The number of hydrogen-bond donors (Lipinski definition) is 2. The number of anilines is 1. The van der Waals surface area contributed by atoms with Gasteiger partial charge in [-0.2, -0.15) is 0 Å². The van der Waals surface area contributed by atoms with Crippen molar-refractivity contribution >= 4 is 28.2 Å². The number of amides is 1. The van der Waals surface area contributed by atoms with Crippen LogP contribution in [0.2, 0.25) is 0 Å². The molecule has 0 fully saturated rings. The Morgan fingerprint density at radius 1 is 1.15 bits per heavy atom. The predicted octanol–water partition coefficient (Wildman–Crippen LogP) is 2.94. The molecule has 2 heterocycles. The summed E-state index contributed by atoms with van der Waals surface area (Å²) in [5.41, 5.74) is 7.80. The van der Waals surface area contributed by atoms with Gasteiger partial charge in [0.1, 0.15) is 0 Å². The van der Waals surface area contributed by atoms with Gasteiger partial charge in [0.05, 0.1) is 16.1 Å². The maximum atomic E-state index is 12.3. The summed E-state index contributed by atoms with van der Waals surface area (Å²) in [7, 11) is 0. The molecule has 0 unspecified atom stereocenters. The molecule has 3 aromatic rings. The third kappa shape index (κ3) is 3.17. The van der Waals surface area contributed by atoms with E-state index in [-0.39, 0.29) is 12.5 Å². The first-order valence-corrected chi connectivity index (χ1v) is 8.03. The van der Waals surface area contributed by atoms with Gasteiger partial charge >= 0.3 is 0 Å². The number of nitrogens with one attached hydrogen (secondary N) is 2. The van der Waals surface area contributed by atoms with E-state index in [0.29, 0.717) is 28.3 Å². The van der Waals surface area contributed by atoms with Gasteiger partial charge in [-0.15, -0.1) is 0 Å². The van der Waals surface area contributed by atoms with Crippen molar-refractivity contribution in [2.45, 2.75) is 6.92 Å². The molecular weight excluding hydrogens is 352 g/mol. The molecule has 27 heavy (non-hydrogen) atoms. The van der Waals surface area contributed by atoms with Gasteiger partial charge in [-0.25, -0.2) is 0 Å². The highest BCUT2D eigenvalue weighted by molar-refractivity contribution is 5.98. The van der Waals surface area contributed by atoms with Crippen LogP contribution in [0.1, 0.15) is 16.1 Å². The van der Waals surface area contributed by atoms with Crippen molar-refractivity contribution in [3.63, 3.8) is 0 Å². The summed E-state index contributed by atoms with van der Waals surface area (Å²) in [6.45, 7) is 2.00. The molecule has 0 saturated heterocycles. The maximum absolute atomic E-state index is 12.3. The zero-order valence-corrected chi connectivity index (χ0v) is 14.2. The van der Waals surface area contributed by atoms with Gasteiger partial charge in [-0.1, -0.05) is 0 Å². The van der Waals surface area contributed by atoms with E-state index >= 15 is 0 Å². The highest BCUT2D eigenvalue weighted by Gasteiger charge is 2.17. The van der Waals surface area contributed by atoms with E-state index in [2.05, 4.69) is 15.8 Å². The molecule has 2 N–H and O–H groups in total. The number of carbonyl (C=O) groups excluding carboxylic acids is 1. The van der Waals surface area contributed by atoms with Gasteiger partial charge in [-0.3, -0.25) is 30.7 Å². The van der Waals surface area contributed by atoms with Crippen molar-refractivity contribution in [3.05, 3.63) is 63.8 Å². The van der Waals surface area contributed by atoms with E-state index in [1.165, 1.54) is 24.3 Å². The van der Waals surface area contributed by atoms with Crippen LogP contribution >= 0.6 is 0 Å². The molecule has 4 rings (SSSR count). The minimum absolute atomic E-state index is 0.0775. The molecule has 0 spiro atoms. The lowest BCUT2D eigenvalue weighted by Gasteiger charge is -2.12. The number of pyridine rings is 1. The molecule has 1 aromatic heterocycles. The summed E-state index contributed by atoms with van der Waals surface area (Å²) in [4.78, 5) is 27.0. The van der Waals surface area contributed by atoms with Crippen LogP contribution in [0.15, 0.2) is 42.5 Å². The van der Waals surface area contributed by atoms with Crippen LogP contribution in [0.3, 0.4) is 0 Å². The number of nitro groups is 1. The molecule has 1 aliphatic rings. The second-order valence-electron chi connectivity index (χ2n) is 5.92. The van der Waals surface area contributed by atoms with Crippen molar-refractivity contribution in [1.82, 2.24) is 10.4 Å². The van der Waals surface area contributed by atoms with E-state index in [1.807, 2.05) is 6.92 Å². The number of ether oxygens (including phenoxy) is 2. The van der Waals surface area contributed by atoms with E-state index in [9.17, 15) is 14.9 Å². The number of hydrogen-bond acceptors (Lipinski definition) is 7. The summed E-state index contributed by atoms with van der Waals surface area (Å²) in [6, 6.07) is 10.7. The number of aromatic nitrogens is 1. The highest BCUT2D eigenvalue weighted by Crippen LogP contribution is 2.37. The lowest BCUT2D eigenvalue weighted by atomic mass is 10.1. The normalized spacial score (nSPS) is 12.0. The lowest BCUT2D eigenvalue weighted by molar-refractivity contribution is -0.384. The Hall–Kier alpha value is -3.88. The van der Waals surface area contributed by atoms with Gasteiger partial charge < -0.3 is 9.47 Å². The zero-order valence-electron chi connectivity index (χ0n) is 14.2. The van der Waals surface area contributed by atoms with Crippen LogP contribution in [-0.4, -0.2) is 22.6 Å². The number of nitro benzene ring substituents is 1. The molecule has 2 aromatic carbocycles. The fourth-order valence-electron chi connectivity index (χ4n) is 2.78. The third-order valence-corrected chi connectivity index (χ3v) is 4.08. The summed E-state index contributed by atoms with van der Waals surface area (Å²) < 4.78 is 10.8. The van der Waals surface area contributed by atoms with Crippen molar-refractivity contribution in [2.75, 3.05) is 12.2 Å². The monoisotopic (exact) mass is 366 g/mol. The number of hydrazine groups is 1. The van der Waals surface area contributed by atoms with Crippen LogP contribution in [0.25, 0.3) is 10.9 Å². The minimum atomic E-state index is -0.518. The van der Waals surface area contributed by atoms with E-state index in [0.717, 1.165) is 11.1 Å². The SMILES string of the molecule is Cc1cc(NNC(=O)c2ccc([N+](=O)[O-])cc2)c2cc3c(cc2n1)OCO3. The summed E-state index contributed by atoms with van der Waals surface area (Å²) in [5.74, 6) is 0.813. The average molecular weight is 366 g/mol. The smallest absolute Gasteiger partial charge is 0.269 e. The maximum Gasteiger partial charge on any atom is 0.269 e. The summed E-state index contributed by atoms with van der Waals surface area (Å²) >= 11 is 0. The second-order valence-corrected chi connectivity index (χ2v) is 5.92. The topological polar surface area (TPSA) is 116 Å². The fourth-order valence-corrected chi connectivity index (χ4v) is 2.78. The number of nitrogens with zero attached hydrogens (tertiary/aromatic N) is 2. The second kappa shape index (κ2) is 6.45. The molecule has 0 bridgehead atoms. The van der Waals surface area contributed by atoms with Gasteiger partial charge in [0.15, 0.2) is 11.5 Å². The molecule has 9 nitrogen and oxygen atoms in total. The average Bonchev–Trinajstić information content (AvgIpc) is 3.11. The molecule has 0 saturated carbocycles. The van der Waals surface area contributed by atoms with Gasteiger partial charge in [0.2, 0.25) is 6.79 Å². The van der Waals surface area contributed by atoms with Gasteiger partial charge in [0, 0.05) is 34.8 Å². The summed E-state index contributed by atoms with van der Waals surface area (Å²) in [6.07, 6.45) is 0. The van der Waals surface area contributed by atoms with Crippen LogP contribution in [0, 0.1) is 17.0 Å². The van der Waals surface area contributed by atoms with Gasteiger partial charge in [0.25, 0.3) is 11.6 Å². The molecule has 0 aliphatic carbocycles. The first-order chi connectivity index (χ1) is 13.0. The Bertz CT molecular complexity index is 1070. The summed E-state index contributed by atoms with van der Waals surface area (Å²) in [5, 5.41) is 11.5. The van der Waals surface area contributed by atoms with Crippen molar-refractivity contribution in [3.8, 4) is 11.5 Å². The van der Waals surface area contributed by atoms with Crippen LogP contribution in [0.5, 0.6) is 11.5 Å². The predicted molar refractivity (Wildman–Crippen MR) is 96.8 cm³/mol. The fraction of sp³-hybridized carbons (Fsp3) is 0.111. The Morgan fingerprint density at radius 2 is 1.85 bits per heavy atom. The van der Waals surface area contributed by atoms with Crippen molar-refractivity contribution in [1.29, 1.82) is 0 Å². The number of benzene rings is 2. The van der Waals surface area contributed by atoms with Crippen LogP contribution in [0.4, 0.5) is 11.4 Å². The Morgan fingerprint density at radius 3 is 2.56 bits per heavy atom. The van der Waals surface area contributed by atoms with Crippen LogP contribution < -0.4 is 20.3 Å². The molecule has 0 radical (unpaired) electrons. The zero-order chi connectivity index (χ0) is 19.0. The molecule has 1 amide bonds. The first kappa shape index (κ1) is 16.6. The number of non-ortho nitro benzene ring substituents is 1. The molecule has 136 valence electrons. The number of fused-ring (bicyclic) bond motifs is 2. The standard InChI is InChI=1S/C18H14N4O5/c1-10-6-15(13-7-16-17(27-9-26-16)8-14(13)19-10)20-21-18(23)11-2-4-12(5-3-11)22(24)25/h2-8H,9H2,1H3,(H,19,20)(H,21,23). The Labute approximate surface area is 153 Å². The highest BCUT2D eigenvalue weighted by atomic mass is 16.7. The number of carbonyl (C=O) groups is 1. The van der Waals surface area contributed by atoms with Crippen molar-refractivity contribution in [2.24, 2.45) is 0 Å². The molecule has 1 aliphatic heterocycles.